The van der Waals surface area contributed by atoms with Crippen molar-refractivity contribution in [3.05, 3.63) is 22.7 Å². The van der Waals surface area contributed by atoms with Gasteiger partial charge in [0.1, 0.15) is 6.61 Å². The molecule has 98 valence electrons. The highest BCUT2D eigenvalue weighted by atomic mass is 35.5. The Morgan fingerprint density at radius 2 is 2.22 bits per heavy atom. The van der Waals surface area contributed by atoms with Gasteiger partial charge in [-0.2, -0.15) is 0 Å². The van der Waals surface area contributed by atoms with Crippen LogP contribution in [-0.2, 0) is 6.54 Å². The van der Waals surface area contributed by atoms with Crippen LogP contribution in [0.15, 0.2) is 12.1 Å². The maximum absolute atomic E-state index is 6.16. The van der Waals surface area contributed by atoms with Gasteiger partial charge in [-0.15, -0.1) is 6.42 Å². The molecule has 0 radical (unpaired) electrons. The summed E-state index contributed by atoms with van der Waals surface area (Å²) >= 11 is 6.16. The van der Waals surface area contributed by atoms with Crippen LogP contribution in [0.5, 0.6) is 11.5 Å². The number of ether oxygens (including phenoxy) is 2. The largest absolute Gasteiger partial charge is 0.493 e. The number of benzene rings is 1. The zero-order valence-electron chi connectivity index (χ0n) is 10.8. The monoisotopic (exact) mass is 267 g/mol. The first-order valence-electron chi connectivity index (χ1n) is 5.86. The van der Waals surface area contributed by atoms with E-state index in [1.807, 2.05) is 12.1 Å². The molecule has 0 aliphatic rings. The molecule has 0 atom stereocenters. The lowest BCUT2D eigenvalue weighted by Crippen LogP contribution is -2.14. The molecular weight excluding hydrogens is 250 g/mol. The summed E-state index contributed by atoms with van der Waals surface area (Å²) in [6, 6.07) is 3.76. The average Bonchev–Trinajstić information content (AvgIpc) is 2.37. The molecule has 1 aromatic rings. The molecule has 0 amide bonds. The Kier molecular flexibility index (Phi) is 6.42. The van der Waals surface area contributed by atoms with Gasteiger partial charge in [0.05, 0.1) is 12.1 Å². The summed E-state index contributed by atoms with van der Waals surface area (Å²) in [6.45, 7) is 4.01. The van der Waals surface area contributed by atoms with E-state index in [9.17, 15) is 0 Å². The SMILES string of the molecule is C#CCOc1c(Cl)cc(CNCCC)cc1OC. The first-order valence-corrected chi connectivity index (χ1v) is 6.24. The topological polar surface area (TPSA) is 30.5 Å². The Hall–Kier alpha value is -1.37. The van der Waals surface area contributed by atoms with E-state index in [1.165, 1.54) is 0 Å². The Morgan fingerprint density at radius 3 is 2.83 bits per heavy atom. The Morgan fingerprint density at radius 1 is 1.44 bits per heavy atom. The molecule has 0 aliphatic heterocycles. The molecular formula is C14H18ClNO2. The molecule has 0 spiro atoms. The number of halogens is 1. The lowest BCUT2D eigenvalue weighted by Gasteiger charge is -2.13. The minimum Gasteiger partial charge on any atom is -0.493 e. The minimum atomic E-state index is 0.170. The summed E-state index contributed by atoms with van der Waals surface area (Å²) < 4.78 is 10.6. The Bertz CT molecular complexity index is 427. The van der Waals surface area contributed by atoms with Crippen LogP contribution in [0.25, 0.3) is 0 Å². The minimum absolute atomic E-state index is 0.170. The van der Waals surface area contributed by atoms with Crippen LogP contribution in [-0.4, -0.2) is 20.3 Å². The predicted molar refractivity (Wildman–Crippen MR) is 74.3 cm³/mol. The molecule has 0 bridgehead atoms. The van der Waals surface area contributed by atoms with Gasteiger partial charge in [-0.25, -0.2) is 0 Å². The predicted octanol–water partition coefficient (Wildman–Crippen LogP) is 2.86. The van der Waals surface area contributed by atoms with Crippen LogP contribution in [0.1, 0.15) is 18.9 Å². The molecule has 0 aromatic heterocycles. The highest BCUT2D eigenvalue weighted by Gasteiger charge is 2.11. The van der Waals surface area contributed by atoms with Crippen molar-refractivity contribution in [3.63, 3.8) is 0 Å². The molecule has 0 saturated heterocycles. The van der Waals surface area contributed by atoms with Crippen molar-refractivity contribution in [2.75, 3.05) is 20.3 Å². The van der Waals surface area contributed by atoms with Gasteiger partial charge in [0.15, 0.2) is 11.5 Å². The zero-order chi connectivity index (χ0) is 13.4. The summed E-state index contributed by atoms with van der Waals surface area (Å²) in [5, 5.41) is 3.82. The van der Waals surface area contributed by atoms with Crippen molar-refractivity contribution in [1.82, 2.24) is 5.32 Å². The number of hydrogen-bond donors (Lipinski definition) is 1. The van der Waals surface area contributed by atoms with Crippen LogP contribution in [0.4, 0.5) is 0 Å². The number of terminal acetylenes is 1. The molecule has 1 aromatic carbocycles. The summed E-state index contributed by atoms with van der Waals surface area (Å²) in [4.78, 5) is 0. The lowest BCUT2D eigenvalue weighted by molar-refractivity contribution is 0.331. The molecule has 0 heterocycles. The van der Waals surface area contributed by atoms with Crippen LogP contribution in [0.2, 0.25) is 5.02 Å². The van der Waals surface area contributed by atoms with E-state index in [2.05, 4.69) is 18.2 Å². The van der Waals surface area contributed by atoms with E-state index in [0.717, 1.165) is 25.1 Å². The second-order valence-corrected chi connectivity index (χ2v) is 4.19. The molecule has 18 heavy (non-hydrogen) atoms. The number of nitrogens with one attached hydrogen (secondary N) is 1. The van der Waals surface area contributed by atoms with Crippen LogP contribution in [0.3, 0.4) is 0 Å². The maximum atomic E-state index is 6.16. The quantitative estimate of drug-likeness (QED) is 0.609. The molecule has 0 unspecified atom stereocenters. The van der Waals surface area contributed by atoms with E-state index in [-0.39, 0.29) is 6.61 Å². The van der Waals surface area contributed by atoms with Crippen molar-refractivity contribution in [2.45, 2.75) is 19.9 Å². The van der Waals surface area contributed by atoms with Crippen LogP contribution in [0, 0.1) is 12.3 Å². The first kappa shape index (κ1) is 14.7. The smallest absolute Gasteiger partial charge is 0.181 e. The number of rotatable bonds is 7. The third-order valence-corrected chi connectivity index (χ3v) is 2.63. The van der Waals surface area contributed by atoms with Gasteiger partial charge in [0, 0.05) is 6.54 Å². The van der Waals surface area contributed by atoms with Gasteiger partial charge < -0.3 is 14.8 Å². The number of hydrogen-bond acceptors (Lipinski definition) is 3. The Labute approximate surface area is 113 Å². The van der Waals surface area contributed by atoms with Crippen molar-refractivity contribution >= 4 is 11.6 Å². The third kappa shape index (κ3) is 4.14. The second-order valence-electron chi connectivity index (χ2n) is 3.78. The van der Waals surface area contributed by atoms with Crippen molar-refractivity contribution in [3.8, 4) is 23.8 Å². The average molecular weight is 268 g/mol. The summed E-state index contributed by atoms with van der Waals surface area (Å²) in [6.07, 6.45) is 6.25. The maximum Gasteiger partial charge on any atom is 0.181 e. The lowest BCUT2D eigenvalue weighted by atomic mass is 10.2. The molecule has 4 heteroatoms. The molecule has 1 N–H and O–H groups in total. The third-order valence-electron chi connectivity index (χ3n) is 2.34. The van der Waals surface area contributed by atoms with Gasteiger partial charge in [0.25, 0.3) is 0 Å². The van der Waals surface area contributed by atoms with E-state index in [0.29, 0.717) is 16.5 Å². The van der Waals surface area contributed by atoms with Gasteiger partial charge >= 0.3 is 0 Å². The number of methoxy groups -OCH3 is 1. The summed E-state index contributed by atoms with van der Waals surface area (Å²) in [7, 11) is 1.58. The van der Waals surface area contributed by atoms with Crippen LogP contribution >= 0.6 is 11.6 Å². The molecule has 3 nitrogen and oxygen atoms in total. The van der Waals surface area contributed by atoms with Crippen LogP contribution < -0.4 is 14.8 Å². The van der Waals surface area contributed by atoms with Crippen molar-refractivity contribution in [1.29, 1.82) is 0 Å². The summed E-state index contributed by atoms with van der Waals surface area (Å²) in [5.41, 5.74) is 1.05. The fourth-order valence-electron chi connectivity index (χ4n) is 1.54. The fourth-order valence-corrected chi connectivity index (χ4v) is 1.83. The Balaban J connectivity index is 2.85. The van der Waals surface area contributed by atoms with Gasteiger partial charge in [0.2, 0.25) is 0 Å². The van der Waals surface area contributed by atoms with Crippen molar-refractivity contribution in [2.24, 2.45) is 0 Å². The van der Waals surface area contributed by atoms with Gasteiger partial charge in [-0.05, 0) is 30.7 Å². The fraction of sp³-hybridized carbons (Fsp3) is 0.429. The highest BCUT2D eigenvalue weighted by Crippen LogP contribution is 2.36. The normalized spacial score (nSPS) is 9.89. The second kappa shape index (κ2) is 7.86. The molecule has 0 aliphatic carbocycles. The summed E-state index contributed by atoms with van der Waals surface area (Å²) in [5.74, 6) is 3.50. The standard InChI is InChI=1S/C14H18ClNO2/c1-4-6-16-10-11-8-12(15)14(18-7-5-2)13(9-11)17-3/h2,8-9,16H,4,6-7,10H2,1,3H3. The molecule has 0 fully saturated rings. The van der Waals surface area contributed by atoms with Gasteiger partial charge in [-0.1, -0.05) is 24.4 Å². The van der Waals surface area contributed by atoms with E-state index in [1.54, 1.807) is 7.11 Å². The van der Waals surface area contributed by atoms with E-state index < -0.39 is 0 Å². The van der Waals surface area contributed by atoms with E-state index in [4.69, 9.17) is 27.5 Å². The van der Waals surface area contributed by atoms with Gasteiger partial charge in [-0.3, -0.25) is 0 Å². The molecule has 0 saturated carbocycles. The molecule has 1 rings (SSSR count). The first-order chi connectivity index (χ1) is 8.72. The highest BCUT2D eigenvalue weighted by molar-refractivity contribution is 6.32. The van der Waals surface area contributed by atoms with E-state index >= 15 is 0 Å². The van der Waals surface area contributed by atoms with Crippen molar-refractivity contribution < 1.29 is 9.47 Å². The zero-order valence-corrected chi connectivity index (χ0v) is 11.5.